The summed E-state index contributed by atoms with van der Waals surface area (Å²) < 4.78 is 1.94. The first kappa shape index (κ1) is 11.6. The Labute approximate surface area is 98.2 Å². The van der Waals surface area contributed by atoms with Crippen LogP contribution in [0, 0.1) is 5.41 Å². The predicted octanol–water partition coefficient (Wildman–Crippen LogP) is 2.48. The van der Waals surface area contributed by atoms with Crippen LogP contribution in [0.25, 0.3) is 0 Å². The second-order valence-corrected chi connectivity index (χ2v) is 5.77. The van der Waals surface area contributed by atoms with Crippen LogP contribution in [-0.4, -0.2) is 15.8 Å². The van der Waals surface area contributed by atoms with Crippen molar-refractivity contribution in [2.75, 3.05) is 0 Å². The van der Waals surface area contributed by atoms with Gasteiger partial charge in [0.2, 0.25) is 0 Å². The van der Waals surface area contributed by atoms with Crippen molar-refractivity contribution in [3.63, 3.8) is 0 Å². The molecule has 0 amide bonds. The maximum atomic E-state index is 4.18. The summed E-state index contributed by atoms with van der Waals surface area (Å²) in [6, 6.07) is 2.78. The van der Waals surface area contributed by atoms with Crippen molar-refractivity contribution in [1.29, 1.82) is 0 Å². The van der Waals surface area contributed by atoms with Crippen molar-refractivity contribution in [3.8, 4) is 0 Å². The zero-order valence-electron chi connectivity index (χ0n) is 10.7. The number of rotatable bonds is 3. The van der Waals surface area contributed by atoms with Crippen LogP contribution in [0.5, 0.6) is 0 Å². The SMILES string of the molecule is Cn1nccc1CNC1CCC(C)(C)CC1. The van der Waals surface area contributed by atoms with Crippen LogP contribution in [-0.2, 0) is 13.6 Å². The van der Waals surface area contributed by atoms with E-state index in [4.69, 9.17) is 0 Å². The molecule has 1 aromatic heterocycles. The molecule has 16 heavy (non-hydrogen) atoms. The van der Waals surface area contributed by atoms with Gasteiger partial charge in [0.25, 0.3) is 0 Å². The standard InChI is InChI=1S/C13H23N3/c1-13(2)7-4-11(5-8-13)14-10-12-6-9-15-16(12)3/h6,9,11,14H,4-5,7-8,10H2,1-3H3. The molecule has 1 aromatic rings. The van der Waals surface area contributed by atoms with Crippen molar-refractivity contribution < 1.29 is 0 Å². The molecule has 0 unspecified atom stereocenters. The molecule has 0 aromatic carbocycles. The molecule has 0 saturated heterocycles. The van der Waals surface area contributed by atoms with E-state index in [2.05, 4.69) is 30.3 Å². The highest BCUT2D eigenvalue weighted by molar-refractivity contribution is 4.99. The lowest BCUT2D eigenvalue weighted by Crippen LogP contribution is -2.35. The van der Waals surface area contributed by atoms with E-state index in [-0.39, 0.29) is 0 Å². The van der Waals surface area contributed by atoms with Crippen LogP contribution in [0.2, 0.25) is 0 Å². The summed E-state index contributed by atoms with van der Waals surface area (Å²) in [5, 5.41) is 7.82. The first-order chi connectivity index (χ1) is 7.57. The van der Waals surface area contributed by atoms with Crippen LogP contribution >= 0.6 is 0 Å². The molecule has 0 spiro atoms. The lowest BCUT2D eigenvalue weighted by atomic mass is 9.75. The number of hydrogen-bond donors (Lipinski definition) is 1. The van der Waals surface area contributed by atoms with Crippen molar-refractivity contribution in [2.24, 2.45) is 12.5 Å². The Hall–Kier alpha value is -0.830. The van der Waals surface area contributed by atoms with Gasteiger partial charge in [0.1, 0.15) is 0 Å². The van der Waals surface area contributed by atoms with Gasteiger partial charge < -0.3 is 5.32 Å². The molecule has 0 aliphatic heterocycles. The summed E-state index contributed by atoms with van der Waals surface area (Å²) in [6.45, 7) is 5.70. The molecule has 1 saturated carbocycles. The Bertz CT molecular complexity index is 331. The topological polar surface area (TPSA) is 29.9 Å². The van der Waals surface area contributed by atoms with E-state index in [0.29, 0.717) is 11.5 Å². The third-order valence-corrected chi connectivity index (χ3v) is 3.83. The average molecular weight is 221 g/mol. The Morgan fingerprint density at radius 3 is 2.69 bits per heavy atom. The number of hydrogen-bond acceptors (Lipinski definition) is 2. The van der Waals surface area contributed by atoms with Gasteiger partial charge in [-0.05, 0) is 37.2 Å². The molecule has 1 heterocycles. The maximum Gasteiger partial charge on any atom is 0.0518 e. The van der Waals surface area contributed by atoms with Gasteiger partial charge in [0.05, 0.1) is 5.69 Å². The third kappa shape index (κ3) is 2.85. The molecule has 0 radical (unpaired) electrons. The minimum Gasteiger partial charge on any atom is -0.308 e. The largest absolute Gasteiger partial charge is 0.308 e. The first-order valence-electron chi connectivity index (χ1n) is 6.27. The second kappa shape index (κ2) is 4.58. The van der Waals surface area contributed by atoms with Crippen molar-refractivity contribution in [1.82, 2.24) is 15.1 Å². The minimum absolute atomic E-state index is 0.560. The summed E-state index contributed by atoms with van der Waals surface area (Å²) in [5.74, 6) is 0. The zero-order chi connectivity index (χ0) is 11.6. The fraction of sp³-hybridized carbons (Fsp3) is 0.769. The van der Waals surface area contributed by atoms with E-state index < -0.39 is 0 Å². The second-order valence-electron chi connectivity index (χ2n) is 5.77. The van der Waals surface area contributed by atoms with Gasteiger partial charge in [-0.3, -0.25) is 4.68 Å². The van der Waals surface area contributed by atoms with Gasteiger partial charge in [-0.1, -0.05) is 13.8 Å². The molecular weight excluding hydrogens is 198 g/mol. The van der Waals surface area contributed by atoms with E-state index >= 15 is 0 Å². The Morgan fingerprint density at radius 1 is 1.44 bits per heavy atom. The monoisotopic (exact) mass is 221 g/mol. The van der Waals surface area contributed by atoms with Crippen molar-refractivity contribution in [2.45, 2.75) is 52.1 Å². The Kier molecular flexibility index (Phi) is 3.33. The molecule has 1 aliphatic rings. The van der Waals surface area contributed by atoms with E-state index in [1.807, 2.05) is 17.9 Å². The lowest BCUT2D eigenvalue weighted by molar-refractivity contribution is 0.205. The highest BCUT2D eigenvalue weighted by Gasteiger charge is 2.26. The molecule has 0 atom stereocenters. The van der Waals surface area contributed by atoms with Gasteiger partial charge in [0, 0.05) is 25.8 Å². The molecule has 1 N–H and O–H groups in total. The normalized spacial score (nSPS) is 21.2. The highest BCUT2D eigenvalue weighted by atomic mass is 15.3. The summed E-state index contributed by atoms with van der Waals surface area (Å²) in [5.41, 5.74) is 1.83. The summed E-state index contributed by atoms with van der Waals surface area (Å²) in [4.78, 5) is 0. The van der Waals surface area contributed by atoms with Crippen LogP contribution in [0.4, 0.5) is 0 Å². The van der Waals surface area contributed by atoms with E-state index in [9.17, 15) is 0 Å². The minimum atomic E-state index is 0.560. The van der Waals surface area contributed by atoms with Gasteiger partial charge in [-0.15, -0.1) is 0 Å². The average Bonchev–Trinajstić information content (AvgIpc) is 2.63. The van der Waals surface area contributed by atoms with Crippen LogP contribution in [0.15, 0.2) is 12.3 Å². The van der Waals surface area contributed by atoms with E-state index in [1.165, 1.54) is 31.4 Å². The highest BCUT2D eigenvalue weighted by Crippen LogP contribution is 2.34. The van der Waals surface area contributed by atoms with Crippen LogP contribution in [0.3, 0.4) is 0 Å². The predicted molar refractivity (Wildman–Crippen MR) is 66.1 cm³/mol. The fourth-order valence-corrected chi connectivity index (χ4v) is 2.43. The molecular formula is C13H23N3. The van der Waals surface area contributed by atoms with Gasteiger partial charge in [0.15, 0.2) is 0 Å². The molecule has 2 rings (SSSR count). The first-order valence-corrected chi connectivity index (χ1v) is 6.27. The zero-order valence-corrected chi connectivity index (χ0v) is 10.7. The number of aryl methyl sites for hydroxylation is 1. The third-order valence-electron chi connectivity index (χ3n) is 3.83. The molecule has 3 heteroatoms. The van der Waals surface area contributed by atoms with E-state index in [1.54, 1.807) is 0 Å². The molecule has 0 bridgehead atoms. The Morgan fingerprint density at radius 2 is 2.12 bits per heavy atom. The van der Waals surface area contributed by atoms with Gasteiger partial charge in [-0.25, -0.2) is 0 Å². The van der Waals surface area contributed by atoms with Crippen molar-refractivity contribution in [3.05, 3.63) is 18.0 Å². The van der Waals surface area contributed by atoms with Crippen molar-refractivity contribution >= 4 is 0 Å². The number of nitrogens with one attached hydrogen (secondary N) is 1. The van der Waals surface area contributed by atoms with Gasteiger partial charge in [-0.2, -0.15) is 5.10 Å². The van der Waals surface area contributed by atoms with Crippen LogP contribution in [0.1, 0.15) is 45.2 Å². The maximum absolute atomic E-state index is 4.18. The lowest BCUT2D eigenvalue weighted by Gasteiger charge is -2.34. The molecule has 90 valence electrons. The fourth-order valence-electron chi connectivity index (χ4n) is 2.43. The smallest absolute Gasteiger partial charge is 0.0518 e. The molecule has 3 nitrogen and oxygen atoms in total. The molecule has 1 fully saturated rings. The van der Waals surface area contributed by atoms with E-state index in [0.717, 1.165) is 6.54 Å². The Balaban J connectivity index is 1.78. The number of aromatic nitrogens is 2. The quantitative estimate of drug-likeness (QED) is 0.850. The summed E-state index contributed by atoms with van der Waals surface area (Å²) in [6.07, 6.45) is 7.17. The van der Waals surface area contributed by atoms with Gasteiger partial charge >= 0.3 is 0 Å². The summed E-state index contributed by atoms with van der Waals surface area (Å²) >= 11 is 0. The molecule has 1 aliphatic carbocycles. The number of nitrogens with zero attached hydrogens (tertiary/aromatic N) is 2. The summed E-state index contributed by atoms with van der Waals surface area (Å²) in [7, 11) is 2.00. The van der Waals surface area contributed by atoms with Crippen LogP contribution < -0.4 is 5.32 Å².